The van der Waals surface area contributed by atoms with Gasteiger partial charge in [-0.25, -0.2) is 5.43 Å². The van der Waals surface area contributed by atoms with Crippen molar-refractivity contribution in [3.8, 4) is 5.75 Å². The van der Waals surface area contributed by atoms with Crippen molar-refractivity contribution in [2.45, 2.75) is 25.9 Å². The van der Waals surface area contributed by atoms with Crippen LogP contribution in [0.15, 0.2) is 24.3 Å². The van der Waals surface area contributed by atoms with Gasteiger partial charge in [0.15, 0.2) is 0 Å². The van der Waals surface area contributed by atoms with E-state index in [1.807, 2.05) is 12.1 Å². The van der Waals surface area contributed by atoms with E-state index in [9.17, 15) is 0 Å². The van der Waals surface area contributed by atoms with Crippen LogP contribution in [0, 0.1) is 5.92 Å². The summed E-state index contributed by atoms with van der Waals surface area (Å²) in [6.45, 7) is 5.55. The third-order valence-corrected chi connectivity index (χ3v) is 3.41. The van der Waals surface area contributed by atoms with Gasteiger partial charge in [-0.1, -0.05) is 19.1 Å². The monoisotopic (exact) mass is 235 g/mol. The molecule has 0 radical (unpaired) electrons. The molecule has 0 bridgehead atoms. The van der Waals surface area contributed by atoms with E-state index in [1.54, 1.807) is 0 Å². The normalized spacial score (nSPS) is 28.3. The molecule has 1 aromatic rings. The summed E-state index contributed by atoms with van der Waals surface area (Å²) in [7, 11) is 0. The van der Waals surface area contributed by atoms with Gasteiger partial charge in [-0.05, 0) is 30.5 Å². The van der Waals surface area contributed by atoms with Crippen LogP contribution in [0.25, 0.3) is 0 Å². The molecule has 4 N–H and O–H groups in total. The summed E-state index contributed by atoms with van der Waals surface area (Å²) in [5, 5.41) is 0. The average Bonchev–Trinajstić information content (AvgIpc) is 2.68. The quantitative estimate of drug-likeness (QED) is 0.734. The zero-order chi connectivity index (χ0) is 12.3. The third-order valence-electron chi connectivity index (χ3n) is 3.41. The van der Waals surface area contributed by atoms with Crippen molar-refractivity contribution in [2.24, 2.45) is 11.7 Å². The zero-order valence-electron chi connectivity index (χ0n) is 10.4. The Bertz CT molecular complexity index is 352. The highest BCUT2D eigenvalue weighted by molar-refractivity contribution is 5.30. The van der Waals surface area contributed by atoms with Gasteiger partial charge in [0.25, 0.3) is 0 Å². The van der Waals surface area contributed by atoms with Gasteiger partial charge in [-0.3, -0.25) is 5.43 Å². The predicted octanol–water partition coefficient (Wildman–Crippen LogP) is 1.20. The topological polar surface area (TPSA) is 59.3 Å². The first-order valence-corrected chi connectivity index (χ1v) is 6.16. The van der Waals surface area contributed by atoms with E-state index < -0.39 is 0 Å². The summed E-state index contributed by atoms with van der Waals surface area (Å²) in [4.78, 5) is 0. The highest BCUT2D eigenvalue weighted by Crippen LogP contribution is 2.29. The minimum Gasteiger partial charge on any atom is -0.492 e. The lowest BCUT2D eigenvalue weighted by Crippen LogP contribution is -2.29. The highest BCUT2D eigenvalue weighted by atomic mass is 16.5. The molecule has 3 unspecified atom stereocenters. The second-order valence-corrected chi connectivity index (χ2v) is 4.62. The standard InChI is InChI=1S/C13H21N3O/c1-9-10(2)15-16-13(9)11-3-5-12(6-4-11)17-8-7-14/h3-6,9-10,13,15-16H,7-8,14H2,1-2H3. The molecule has 1 aliphatic rings. The molecule has 94 valence electrons. The van der Waals surface area contributed by atoms with Crippen LogP contribution >= 0.6 is 0 Å². The van der Waals surface area contributed by atoms with Crippen molar-refractivity contribution in [2.75, 3.05) is 13.2 Å². The van der Waals surface area contributed by atoms with Crippen molar-refractivity contribution < 1.29 is 4.74 Å². The SMILES string of the molecule is CC1NNC(c2ccc(OCCN)cc2)C1C. The minimum atomic E-state index is 0.369. The number of hydrogen-bond acceptors (Lipinski definition) is 4. The molecule has 4 heteroatoms. The molecular weight excluding hydrogens is 214 g/mol. The largest absolute Gasteiger partial charge is 0.492 e. The Hall–Kier alpha value is -1.10. The molecule has 1 fully saturated rings. The van der Waals surface area contributed by atoms with Crippen molar-refractivity contribution in [3.05, 3.63) is 29.8 Å². The summed E-state index contributed by atoms with van der Waals surface area (Å²) in [6, 6.07) is 9.09. The molecule has 0 aliphatic carbocycles. The molecule has 0 saturated carbocycles. The average molecular weight is 235 g/mol. The molecule has 17 heavy (non-hydrogen) atoms. The summed E-state index contributed by atoms with van der Waals surface area (Å²) < 4.78 is 5.46. The summed E-state index contributed by atoms with van der Waals surface area (Å²) in [6.07, 6.45) is 0. The van der Waals surface area contributed by atoms with Gasteiger partial charge in [0.2, 0.25) is 0 Å². The smallest absolute Gasteiger partial charge is 0.119 e. The van der Waals surface area contributed by atoms with Gasteiger partial charge in [0.1, 0.15) is 12.4 Å². The van der Waals surface area contributed by atoms with Crippen molar-refractivity contribution >= 4 is 0 Å². The molecule has 0 aromatic heterocycles. The highest BCUT2D eigenvalue weighted by Gasteiger charge is 2.29. The second-order valence-electron chi connectivity index (χ2n) is 4.62. The fraction of sp³-hybridized carbons (Fsp3) is 0.538. The minimum absolute atomic E-state index is 0.369. The fourth-order valence-electron chi connectivity index (χ4n) is 2.11. The first-order valence-electron chi connectivity index (χ1n) is 6.16. The van der Waals surface area contributed by atoms with E-state index in [0.717, 1.165) is 5.75 Å². The number of hydrogen-bond donors (Lipinski definition) is 3. The van der Waals surface area contributed by atoms with Crippen LogP contribution in [0.5, 0.6) is 5.75 Å². The van der Waals surface area contributed by atoms with Crippen LogP contribution in [0.1, 0.15) is 25.5 Å². The van der Waals surface area contributed by atoms with Crippen LogP contribution in [-0.4, -0.2) is 19.2 Å². The first kappa shape index (κ1) is 12.4. The van der Waals surface area contributed by atoms with Crippen LogP contribution in [-0.2, 0) is 0 Å². The Balaban J connectivity index is 2.02. The van der Waals surface area contributed by atoms with Crippen LogP contribution in [0.4, 0.5) is 0 Å². The Labute approximate surface area is 103 Å². The van der Waals surface area contributed by atoms with Gasteiger partial charge < -0.3 is 10.5 Å². The fourth-order valence-corrected chi connectivity index (χ4v) is 2.11. The Morgan fingerprint density at radius 1 is 1.18 bits per heavy atom. The molecule has 4 nitrogen and oxygen atoms in total. The van der Waals surface area contributed by atoms with E-state index in [-0.39, 0.29) is 0 Å². The van der Waals surface area contributed by atoms with Crippen molar-refractivity contribution in [3.63, 3.8) is 0 Å². The summed E-state index contributed by atoms with van der Waals surface area (Å²) >= 11 is 0. The first-order chi connectivity index (χ1) is 8.22. The molecular formula is C13H21N3O. The molecule has 1 aromatic carbocycles. The second kappa shape index (κ2) is 5.49. The van der Waals surface area contributed by atoms with E-state index in [1.165, 1.54) is 5.56 Å². The van der Waals surface area contributed by atoms with Crippen LogP contribution in [0.3, 0.4) is 0 Å². The van der Waals surface area contributed by atoms with Gasteiger partial charge in [-0.15, -0.1) is 0 Å². The lowest BCUT2D eigenvalue weighted by atomic mass is 9.92. The Morgan fingerprint density at radius 2 is 1.88 bits per heavy atom. The van der Waals surface area contributed by atoms with E-state index in [2.05, 4.69) is 36.8 Å². The van der Waals surface area contributed by atoms with Gasteiger partial charge >= 0.3 is 0 Å². The van der Waals surface area contributed by atoms with Crippen molar-refractivity contribution in [1.82, 2.24) is 10.9 Å². The number of benzene rings is 1. The number of hydrazine groups is 1. The molecule has 3 atom stereocenters. The molecule has 1 heterocycles. The molecule has 0 spiro atoms. The molecule has 0 amide bonds. The maximum Gasteiger partial charge on any atom is 0.119 e. The number of ether oxygens (including phenoxy) is 1. The van der Waals surface area contributed by atoms with E-state index >= 15 is 0 Å². The van der Waals surface area contributed by atoms with E-state index in [0.29, 0.717) is 31.2 Å². The zero-order valence-corrected chi connectivity index (χ0v) is 10.4. The summed E-state index contributed by atoms with van der Waals surface area (Å²) in [5.41, 5.74) is 13.3. The third kappa shape index (κ3) is 2.77. The number of nitrogens with two attached hydrogens (primary N) is 1. The number of rotatable bonds is 4. The molecule has 2 rings (SSSR count). The predicted molar refractivity (Wildman–Crippen MR) is 68.6 cm³/mol. The van der Waals surface area contributed by atoms with Gasteiger partial charge in [0.05, 0.1) is 6.04 Å². The molecule has 1 saturated heterocycles. The van der Waals surface area contributed by atoms with Gasteiger partial charge in [-0.2, -0.15) is 0 Å². The maximum atomic E-state index is 5.46. The van der Waals surface area contributed by atoms with Crippen molar-refractivity contribution in [1.29, 1.82) is 0 Å². The maximum absolute atomic E-state index is 5.46. The summed E-state index contributed by atoms with van der Waals surface area (Å²) in [5.74, 6) is 1.46. The van der Waals surface area contributed by atoms with E-state index in [4.69, 9.17) is 10.5 Å². The van der Waals surface area contributed by atoms with Crippen LogP contribution in [0.2, 0.25) is 0 Å². The van der Waals surface area contributed by atoms with Crippen LogP contribution < -0.4 is 21.3 Å². The Kier molecular flexibility index (Phi) is 3.99. The lowest BCUT2D eigenvalue weighted by molar-refractivity contribution is 0.328. The van der Waals surface area contributed by atoms with Gasteiger partial charge in [0, 0.05) is 12.6 Å². The Morgan fingerprint density at radius 3 is 2.41 bits per heavy atom. The lowest BCUT2D eigenvalue weighted by Gasteiger charge is -2.16. The molecule has 1 aliphatic heterocycles. The number of nitrogens with one attached hydrogen (secondary N) is 2.